The Morgan fingerprint density at radius 3 is 2.35 bits per heavy atom. The van der Waals surface area contributed by atoms with Crippen molar-refractivity contribution in [3.63, 3.8) is 0 Å². The number of hydrogen-bond donors (Lipinski definition) is 0. The van der Waals surface area contributed by atoms with Gasteiger partial charge in [0.1, 0.15) is 11.5 Å². The van der Waals surface area contributed by atoms with Crippen LogP contribution in [0.25, 0.3) is 0 Å². The van der Waals surface area contributed by atoms with Gasteiger partial charge in [0, 0.05) is 19.2 Å². The van der Waals surface area contributed by atoms with Crippen LogP contribution in [0.15, 0.2) is 18.2 Å². The molecular formula is C15H19NO4. The molecule has 0 unspecified atom stereocenters. The van der Waals surface area contributed by atoms with Crippen LogP contribution in [-0.4, -0.2) is 43.9 Å². The van der Waals surface area contributed by atoms with E-state index in [2.05, 4.69) is 0 Å². The molecular weight excluding hydrogens is 258 g/mol. The summed E-state index contributed by atoms with van der Waals surface area (Å²) in [5, 5.41) is 0. The van der Waals surface area contributed by atoms with Crippen LogP contribution in [-0.2, 0) is 4.79 Å². The van der Waals surface area contributed by atoms with E-state index in [1.165, 1.54) is 14.2 Å². The van der Waals surface area contributed by atoms with Crippen molar-refractivity contribution in [2.75, 3.05) is 27.3 Å². The first-order chi connectivity index (χ1) is 9.67. The summed E-state index contributed by atoms with van der Waals surface area (Å²) in [6.45, 7) is 1.31. The van der Waals surface area contributed by atoms with Gasteiger partial charge in [-0.25, -0.2) is 0 Å². The number of carbonyl (C=O) groups is 2. The third kappa shape index (κ3) is 2.92. The van der Waals surface area contributed by atoms with Gasteiger partial charge in [-0.15, -0.1) is 0 Å². The second-order valence-electron chi connectivity index (χ2n) is 4.75. The second kappa shape index (κ2) is 6.41. The molecule has 5 nitrogen and oxygen atoms in total. The maximum Gasteiger partial charge on any atom is 0.295 e. The summed E-state index contributed by atoms with van der Waals surface area (Å²) in [6.07, 6.45) is 3.03. The van der Waals surface area contributed by atoms with Crippen molar-refractivity contribution in [3.05, 3.63) is 23.8 Å². The van der Waals surface area contributed by atoms with E-state index in [4.69, 9.17) is 9.47 Å². The number of likely N-dealkylation sites (tertiary alicyclic amines) is 1. The normalized spacial score (nSPS) is 14.8. The third-order valence-electron chi connectivity index (χ3n) is 3.49. The summed E-state index contributed by atoms with van der Waals surface area (Å²) in [5.74, 6) is -0.0249. The molecule has 0 aliphatic carbocycles. The van der Waals surface area contributed by atoms with Gasteiger partial charge in [-0.05, 0) is 31.4 Å². The molecule has 1 heterocycles. The Kier molecular flexibility index (Phi) is 4.61. The average Bonchev–Trinajstić information content (AvgIpc) is 2.53. The standard InChI is InChI=1S/C15H19NO4/c1-19-11-6-7-12(13(10-11)20-2)14(17)15(18)16-8-4-3-5-9-16/h6-7,10H,3-5,8-9H2,1-2H3. The molecule has 0 radical (unpaired) electrons. The van der Waals surface area contributed by atoms with E-state index in [0.717, 1.165) is 19.3 Å². The minimum Gasteiger partial charge on any atom is -0.497 e. The Balaban J connectivity index is 2.21. The quantitative estimate of drug-likeness (QED) is 0.623. The molecule has 1 aliphatic rings. The topological polar surface area (TPSA) is 55.8 Å². The molecule has 1 saturated heterocycles. The SMILES string of the molecule is COc1ccc(C(=O)C(=O)N2CCCCC2)c(OC)c1. The Hall–Kier alpha value is -2.04. The van der Waals surface area contributed by atoms with E-state index in [-0.39, 0.29) is 5.56 Å². The molecule has 0 N–H and O–H groups in total. The summed E-state index contributed by atoms with van der Waals surface area (Å²) >= 11 is 0. The molecule has 20 heavy (non-hydrogen) atoms. The van der Waals surface area contributed by atoms with E-state index in [9.17, 15) is 9.59 Å². The molecule has 1 amide bonds. The highest BCUT2D eigenvalue weighted by Crippen LogP contribution is 2.25. The van der Waals surface area contributed by atoms with Gasteiger partial charge in [-0.1, -0.05) is 0 Å². The highest BCUT2D eigenvalue weighted by atomic mass is 16.5. The lowest BCUT2D eigenvalue weighted by Crippen LogP contribution is -2.40. The first-order valence-corrected chi connectivity index (χ1v) is 6.73. The van der Waals surface area contributed by atoms with Crippen molar-refractivity contribution in [1.29, 1.82) is 0 Å². The monoisotopic (exact) mass is 277 g/mol. The molecule has 5 heteroatoms. The zero-order valence-corrected chi connectivity index (χ0v) is 11.8. The maximum absolute atomic E-state index is 12.3. The molecule has 108 valence electrons. The number of methoxy groups -OCH3 is 2. The van der Waals surface area contributed by atoms with Crippen LogP contribution in [0.2, 0.25) is 0 Å². The van der Waals surface area contributed by atoms with Gasteiger partial charge < -0.3 is 14.4 Å². The van der Waals surface area contributed by atoms with E-state index >= 15 is 0 Å². The Labute approximate surface area is 118 Å². The lowest BCUT2D eigenvalue weighted by molar-refractivity contribution is -0.127. The first kappa shape index (κ1) is 14.4. The molecule has 1 aliphatic heterocycles. The summed E-state index contributed by atoms with van der Waals surface area (Å²) in [5.41, 5.74) is 0.281. The Bertz CT molecular complexity index is 507. The summed E-state index contributed by atoms with van der Waals surface area (Å²) in [7, 11) is 3.01. The van der Waals surface area contributed by atoms with Gasteiger partial charge in [0.25, 0.3) is 11.7 Å². The fourth-order valence-electron chi connectivity index (χ4n) is 2.34. The van der Waals surface area contributed by atoms with Crippen LogP contribution in [0.5, 0.6) is 11.5 Å². The van der Waals surface area contributed by atoms with Crippen LogP contribution < -0.4 is 9.47 Å². The lowest BCUT2D eigenvalue weighted by atomic mass is 10.1. The minimum absolute atomic E-state index is 0.281. The van der Waals surface area contributed by atoms with Crippen LogP contribution in [0.1, 0.15) is 29.6 Å². The largest absolute Gasteiger partial charge is 0.497 e. The molecule has 1 aromatic rings. The number of Topliss-reactive ketones (excluding diaryl/α,β-unsaturated/α-hetero) is 1. The number of ether oxygens (including phenoxy) is 2. The predicted octanol–water partition coefficient (Wildman–Crippen LogP) is 1.90. The number of carbonyl (C=O) groups excluding carboxylic acids is 2. The fraction of sp³-hybridized carbons (Fsp3) is 0.467. The van der Waals surface area contributed by atoms with Crippen molar-refractivity contribution >= 4 is 11.7 Å². The van der Waals surface area contributed by atoms with Gasteiger partial charge in [-0.2, -0.15) is 0 Å². The fourth-order valence-corrected chi connectivity index (χ4v) is 2.34. The smallest absolute Gasteiger partial charge is 0.295 e. The molecule has 2 rings (SSSR count). The second-order valence-corrected chi connectivity index (χ2v) is 4.75. The number of ketones is 1. The van der Waals surface area contributed by atoms with Gasteiger partial charge in [0.2, 0.25) is 0 Å². The van der Waals surface area contributed by atoms with E-state index in [1.807, 2.05) is 0 Å². The van der Waals surface area contributed by atoms with Gasteiger partial charge in [0.15, 0.2) is 0 Å². The molecule has 1 aromatic carbocycles. The van der Waals surface area contributed by atoms with Crippen molar-refractivity contribution in [2.24, 2.45) is 0 Å². The van der Waals surface area contributed by atoms with Gasteiger partial charge in [0.05, 0.1) is 19.8 Å². The highest BCUT2D eigenvalue weighted by Gasteiger charge is 2.26. The predicted molar refractivity (Wildman–Crippen MR) is 74.3 cm³/mol. The van der Waals surface area contributed by atoms with Crippen LogP contribution in [0.3, 0.4) is 0 Å². The summed E-state index contributed by atoms with van der Waals surface area (Å²) in [6, 6.07) is 4.83. The number of rotatable bonds is 4. The van der Waals surface area contributed by atoms with Gasteiger partial charge in [-0.3, -0.25) is 9.59 Å². The molecule has 1 fully saturated rings. The van der Waals surface area contributed by atoms with Crippen LogP contribution >= 0.6 is 0 Å². The first-order valence-electron chi connectivity index (χ1n) is 6.73. The third-order valence-corrected chi connectivity index (χ3v) is 3.49. The van der Waals surface area contributed by atoms with E-state index in [1.54, 1.807) is 23.1 Å². The number of benzene rings is 1. The Morgan fingerprint density at radius 1 is 1.05 bits per heavy atom. The Morgan fingerprint density at radius 2 is 1.75 bits per heavy atom. The maximum atomic E-state index is 12.3. The molecule has 0 spiro atoms. The number of nitrogens with zero attached hydrogens (tertiary/aromatic N) is 1. The minimum atomic E-state index is -0.522. The number of hydrogen-bond acceptors (Lipinski definition) is 4. The average molecular weight is 277 g/mol. The van der Waals surface area contributed by atoms with Crippen molar-refractivity contribution in [2.45, 2.75) is 19.3 Å². The molecule has 0 atom stereocenters. The highest BCUT2D eigenvalue weighted by molar-refractivity contribution is 6.43. The number of amides is 1. The molecule has 0 bridgehead atoms. The van der Waals surface area contributed by atoms with Crippen molar-refractivity contribution in [1.82, 2.24) is 4.90 Å². The summed E-state index contributed by atoms with van der Waals surface area (Å²) < 4.78 is 10.3. The number of piperidine rings is 1. The van der Waals surface area contributed by atoms with E-state index in [0.29, 0.717) is 24.6 Å². The zero-order valence-electron chi connectivity index (χ0n) is 11.8. The summed E-state index contributed by atoms with van der Waals surface area (Å²) in [4.78, 5) is 26.1. The van der Waals surface area contributed by atoms with Crippen molar-refractivity contribution < 1.29 is 19.1 Å². The zero-order chi connectivity index (χ0) is 14.5. The van der Waals surface area contributed by atoms with E-state index < -0.39 is 11.7 Å². The molecule has 0 saturated carbocycles. The van der Waals surface area contributed by atoms with Crippen molar-refractivity contribution in [3.8, 4) is 11.5 Å². The van der Waals surface area contributed by atoms with Crippen LogP contribution in [0.4, 0.5) is 0 Å². The van der Waals surface area contributed by atoms with Gasteiger partial charge >= 0.3 is 0 Å². The molecule has 0 aromatic heterocycles. The lowest BCUT2D eigenvalue weighted by Gasteiger charge is -2.26. The van der Waals surface area contributed by atoms with Crippen LogP contribution in [0, 0.1) is 0 Å².